The van der Waals surface area contributed by atoms with Crippen molar-refractivity contribution in [2.75, 3.05) is 0 Å². The number of rotatable bonds is 4. The summed E-state index contributed by atoms with van der Waals surface area (Å²) >= 11 is 0. The Hall–Kier alpha value is -2.36. The lowest BCUT2D eigenvalue weighted by Gasteiger charge is -2.27. The summed E-state index contributed by atoms with van der Waals surface area (Å²) in [4.78, 5) is 28.6. The van der Waals surface area contributed by atoms with E-state index in [9.17, 15) is 9.59 Å². The van der Waals surface area contributed by atoms with Crippen LogP contribution < -0.4 is 5.56 Å². The molecule has 21 heavy (non-hydrogen) atoms. The Kier molecular flexibility index (Phi) is 4.58. The Morgan fingerprint density at radius 3 is 2.43 bits per heavy atom. The van der Waals surface area contributed by atoms with Crippen LogP contribution in [0.4, 0.5) is 0 Å². The van der Waals surface area contributed by atoms with Crippen LogP contribution in [0.25, 0.3) is 0 Å². The number of hydrogen-bond acceptors (Lipinski definition) is 2. The number of carbonyl (C=O) groups excluding carboxylic acids is 1. The molecular formula is C17H20N2O2. The smallest absolute Gasteiger partial charge is 0.254 e. The number of pyridine rings is 1. The Bertz CT molecular complexity index is 675. The van der Waals surface area contributed by atoms with Gasteiger partial charge < -0.3 is 9.88 Å². The van der Waals surface area contributed by atoms with Crippen LogP contribution in [-0.2, 0) is 6.54 Å². The molecule has 1 N–H and O–H groups in total. The molecular weight excluding hydrogens is 264 g/mol. The predicted octanol–water partition coefficient (Wildman–Crippen LogP) is 2.73. The van der Waals surface area contributed by atoms with E-state index in [0.29, 0.717) is 17.8 Å². The van der Waals surface area contributed by atoms with Crippen molar-refractivity contribution in [3.05, 3.63) is 69.6 Å². The highest BCUT2D eigenvalue weighted by Gasteiger charge is 2.19. The lowest BCUT2D eigenvalue weighted by molar-refractivity contribution is 0.0690. The summed E-state index contributed by atoms with van der Waals surface area (Å²) in [6, 6.07) is 13.0. The largest absolute Gasteiger partial charge is 0.332 e. The maximum absolute atomic E-state index is 12.7. The minimum atomic E-state index is -0.248. The quantitative estimate of drug-likeness (QED) is 0.938. The topological polar surface area (TPSA) is 53.2 Å². The second-order valence-corrected chi connectivity index (χ2v) is 5.43. The van der Waals surface area contributed by atoms with E-state index >= 15 is 0 Å². The molecule has 4 nitrogen and oxygen atoms in total. The monoisotopic (exact) mass is 284 g/mol. The highest BCUT2D eigenvalue weighted by atomic mass is 16.2. The fraction of sp³-hybridized carbons (Fsp3) is 0.294. The average molecular weight is 284 g/mol. The molecule has 1 amide bonds. The van der Waals surface area contributed by atoms with Crippen molar-refractivity contribution in [3.8, 4) is 0 Å². The van der Waals surface area contributed by atoms with E-state index in [1.807, 2.05) is 44.2 Å². The molecule has 0 aliphatic carbocycles. The Balaban J connectivity index is 2.29. The molecule has 110 valence electrons. The van der Waals surface area contributed by atoms with Gasteiger partial charge in [-0.05, 0) is 32.4 Å². The third-order valence-electron chi connectivity index (χ3n) is 3.31. The molecule has 0 saturated heterocycles. The van der Waals surface area contributed by atoms with Crippen LogP contribution in [-0.4, -0.2) is 21.8 Å². The van der Waals surface area contributed by atoms with Gasteiger partial charge in [-0.15, -0.1) is 0 Å². The first-order valence-corrected chi connectivity index (χ1v) is 7.03. The zero-order chi connectivity index (χ0) is 15.4. The van der Waals surface area contributed by atoms with Crippen molar-refractivity contribution in [1.82, 2.24) is 9.88 Å². The van der Waals surface area contributed by atoms with Crippen LogP contribution in [0, 0.1) is 6.92 Å². The molecule has 2 aromatic rings. The van der Waals surface area contributed by atoms with Gasteiger partial charge in [0, 0.05) is 29.9 Å². The van der Waals surface area contributed by atoms with Crippen LogP contribution in [0.5, 0.6) is 0 Å². The molecule has 1 aromatic carbocycles. The first kappa shape index (κ1) is 15.0. The van der Waals surface area contributed by atoms with Crippen LogP contribution >= 0.6 is 0 Å². The van der Waals surface area contributed by atoms with E-state index < -0.39 is 0 Å². The SMILES string of the molecule is Cc1cc(C(=O)N(Cc2ccccc2)C(C)C)cc(=O)[nH]1. The molecule has 1 heterocycles. The van der Waals surface area contributed by atoms with Crippen molar-refractivity contribution in [2.45, 2.75) is 33.4 Å². The minimum absolute atomic E-state index is 0.0531. The molecule has 0 aliphatic rings. The van der Waals surface area contributed by atoms with Gasteiger partial charge in [0.1, 0.15) is 0 Å². The van der Waals surface area contributed by atoms with Crippen molar-refractivity contribution < 1.29 is 4.79 Å². The van der Waals surface area contributed by atoms with Gasteiger partial charge in [0.05, 0.1) is 0 Å². The number of carbonyl (C=O) groups is 1. The second-order valence-electron chi connectivity index (χ2n) is 5.43. The summed E-state index contributed by atoms with van der Waals surface area (Å²) in [5.41, 5.74) is 1.94. The Labute approximate surface area is 124 Å². The molecule has 0 bridgehead atoms. The zero-order valence-electron chi connectivity index (χ0n) is 12.6. The van der Waals surface area contributed by atoms with Gasteiger partial charge in [0.25, 0.3) is 5.91 Å². The molecule has 0 atom stereocenters. The Morgan fingerprint density at radius 1 is 1.19 bits per heavy atom. The third kappa shape index (κ3) is 3.81. The van der Waals surface area contributed by atoms with E-state index in [1.54, 1.807) is 17.9 Å². The van der Waals surface area contributed by atoms with Crippen LogP contribution in [0.2, 0.25) is 0 Å². The average Bonchev–Trinajstić information content (AvgIpc) is 2.44. The van der Waals surface area contributed by atoms with E-state index in [0.717, 1.165) is 5.56 Å². The number of aryl methyl sites for hydroxylation is 1. The number of aromatic amines is 1. The molecule has 4 heteroatoms. The summed E-state index contributed by atoms with van der Waals surface area (Å²) in [6.07, 6.45) is 0. The first-order chi connectivity index (χ1) is 9.97. The number of benzene rings is 1. The number of hydrogen-bond donors (Lipinski definition) is 1. The standard InChI is InChI=1S/C17H20N2O2/c1-12(2)19(11-14-7-5-4-6-8-14)17(21)15-9-13(3)18-16(20)10-15/h4-10,12H,11H2,1-3H3,(H,18,20). The fourth-order valence-corrected chi connectivity index (χ4v) is 2.24. The van der Waals surface area contributed by atoms with E-state index in [1.165, 1.54) is 6.07 Å². The molecule has 0 saturated carbocycles. The highest BCUT2D eigenvalue weighted by Crippen LogP contribution is 2.13. The predicted molar refractivity (Wildman–Crippen MR) is 83.3 cm³/mol. The van der Waals surface area contributed by atoms with Gasteiger partial charge in [-0.2, -0.15) is 0 Å². The van der Waals surface area contributed by atoms with Crippen LogP contribution in [0.3, 0.4) is 0 Å². The van der Waals surface area contributed by atoms with Crippen molar-refractivity contribution in [1.29, 1.82) is 0 Å². The van der Waals surface area contributed by atoms with Crippen molar-refractivity contribution >= 4 is 5.91 Å². The number of nitrogens with one attached hydrogen (secondary N) is 1. The van der Waals surface area contributed by atoms with Crippen LogP contribution in [0.1, 0.15) is 35.5 Å². The molecule has 0 fully saturated rings. The van der Waals surface area contributed by atoms with Gasteiger partial charge in [0.15, 0.2) is 0 Å². The van der Waals surface area contributed by atoms with Gasteiger partial charge in [-0.1, -0.05) is 30.3 Å². The molecule has 0 spiro atoms. The highest BCUT2D eigenvalue weighted by molar-refractivity contribution is 5.94. The van der Waals surface area contributed by atoms with Gasteiger partial charge in [-0.3, -0.25) is 9.59 Å². The maximum atomic E-state index is 12.7. The van der Waals surface area contributed by atoms with Crippen LogP contribution in [0.15, 0.2) is 47.3 Å². The van der Waals surface area contributed by atoms with Gasteiger partial charge in [0.2, 0.25) is 5.56 Å². The summed E-state index contributed by atoms with van der Waals surface area (Å²) in [6.45, 7) is 6.25. The summed E-state index contributed by atoms with van der Waals surface area (Å²) < 4.78 is 0. The fourth-order valence-electron chi connectivity index (χ4n) is 2.24. The van der Waals surface area contributed by atoms with Crippen molar-refractivity contribution in [3.63, 3.8) is 0 Å². The number of amides is 1. The normalized spacial score (nSPS) is 10.7. The lowest BCUT2D eigenvalue weighted by atomic mass is 10.1. The first-order valence-electron chi connectivity index (χ1n) is 7.03. The van der Waals surface area contributed by atoms with E-state index in [-0.39, 0.29) is 17.5 Å². The number of H-pyrrole nitrogens is 1. The minimum Gasteiger partial charge on any atom is -0.332 e. The zero-order valence-corrected chi connectivity index (χ0v) is 12.6. The van der Waals surface area contributed by atoms with E-state index in [2.05, 4.69) is 4.98 Å². The molecule has 0 aliphatic heterocycles. The third-order valence-corrected chi connectivity index (χ3v) is 3.31. The molecule has 0 radical (unpaired) electrons. The van der Waals surface area contributed by atoms with Gasteiger partial charge >= 0.3 is 0 Å². The second kappa shape index (κ2) is 6.39. The molecule has 1 aromatic heterocycles. The van der Waals surface area contributed by atoms with Gasteiger partial charge in [-0.25, -0.2) is 0 Å². The number of aromatic nitrogens is 1. The summed E-state index contributed by atoms with van der Waals surface area (Å²) in [5.74, 6) is -0.122. The van der Waals surface area contributed by atoms with Crippen molar-refractivity contribution in [2.24, 2.45) is 0 Å². The molecule has 0 unspecified atom stereocenters. The maximum Gasteiger partial charge on any atom is 0.254 e. The molecule has 2 rings (SSSR count). The lowest BCUT2D eigenvalue weighted by Crippen LogP contribution is -2.37. The summed E-state index contributed by atoms with van der Waals surface area (Å²) in [5, 5.41) is 0. The number of nitrogens with zero attached hydrogens (tertiary/aromatic N) is 1. The van der Waals surface area contributed by atoms with E-state index in [4.69, 9.17) is 0 Å². The Morgan fingerprint density at radius 2 is 1.86 bits per heavy atom. The summed E-state index contributed by atoms with van der Waals surface area (Å²) in [7, 11) is 0.